The third-order valence-corrected chi connectivity index (χ3v) is 4.08. The van der Waals surface area contributed by atoms with Crippen LogP contribution in [0.15, 0.2) is 29.6 Å². The molecular weight excluding hydrogens is 270 g/mol. The molecule has 0 saturated carbocycles. The Bertz CT molecular complexity index is 689. The van der Waals surface area contributed by atoms with Crippen LogP contribution in [-0.2, 0) is 6.42 Å². The molecule has 0 aliphatic carbocycles. The predicted octanol–water partition coefficient (Wildman–Crippen LogP) is 2.78. The molecule has 0 fully saturated rings. The van der Waals surface area contributed by atoms with Gasteiger partial charge < -0.3 is 5.32 Å². The van der Waals surface area contributed by atoms with Crippen molar-refractivity contribution in [2.45, 2.75) is 20.3 Å². The van der Waals surface area contributed by atoms with Gasteiger partial charge in [0.2, 0.25) is 0 Å². The Hall–Kier alpha value is -1.95. The number of thiophene rings is 1. The highest BCUT2D eigenvalue weighted by atomic mass is 32.1. The molecule has 6 heteroatoms. The number of nitrogens with zero attached hydrogens (tertiary/aromatic N) is 4. The predicted molar refractivity (Wildman–Crippen MR) is 81.2 cm³/mol. The van der Waals surface area contributed by atoms with Crippen molar-refractivity contribution in [2.24, 2.45) is 5.92 Å². The molecule has 0 radical (unpaired) electrons. The molecule has 5 nitrogen and oxygen atoms in total. The van der Waals surface area contributed by atoms with E-state index in [0.29, 0.717) is 5.92 Å². The Balaban J connectivity index is 1.63. The topological polar surface area (TPSA) is 55.1 Å². The molecule has 0 amide bonds. The Kier molecular flexibility index (Phi) is 3.64. The van der Waals surface area contributed by atoms with Crippen molar-refractivity contribution < 1.29 is 0 Å². The number of aryl methyl sites for hydroxylation is 1. The van der Waals surface area contributed by atoms with Crippen LogP contribution >= 0.6 is 11.3 Å². The van der Waals surface area contributed by atoms with Crippen LogP contribution < -0.4 is 5.32 Å². The fourth-order valence-corrected chi connectivity index (χ4v) is 2.98. The van der Waals surface area contributed by atoms with E-state index in [4.69, 9.17) is 0 Å². The Morgan fingerprint density at radius 1 is 1.30 bits per heavy atom. The van der Waals surface area contributed by atoms with Gasteiger partial charge in [0.05, 0.1) is 0 Å². The van der Waals surface area contributed by atoms with Crippen LogP contribution in [0.25, 0.3) is 5.65 Å². The number of anilines is 1. The Morgan fingerprint density at radius 2 is 2.20 bits per heavy atom. The van der Waals surface area contributed by atoms with Crippen LogP contribution in [-0.4, -0.2) is 26.4 Å². The van der Waals surface area contributed by atoms with Gasteiger partial charge in [-0.25, -0.2) is 0 Å². The summed E-state index contributed by atoms with van der Waals surface area (Å²) in [6.07, 6.45) is 1.10. The van der Waals surface area contributed by atoms with Gasteiger partial charge in [0.15, 0.2) is 11.5 Å². The highest BCUT2D eigenvalue weighted by Gasteiger charge is 2.07. The van der Waals surface area contributed by atoms with Gasteiger partial charge in [-0.05, 0) is 42.8 Å². The first-order chi connectivity index (χ1) is 9.72. The molecular formula is C14H17N5S. The van der Waals surface area contributed by atoms with Gasteiger partial charge in [-0.2, -0.15) is 4.52 Å². The van der Waals surface area contributed by atoms with Gasteiger partial charge >= 0.3 is 0 Å². The second-order valence-corrected chi connectivity index (χ2v) is 6.04. The number of rotatable bonds is 5. The summed E-state index contributed by atoms with van der Waals surface area (Å²) in [7, 11) is 0. The van der Waals surface area contributed by atoms with E-state index < -0.39 is 0 Å². The Labute approximate surface area is 121 Å². The smallest absolute Gasteiger partial charge is 0.178 e. The number of hydrogen-bond donors (Lipinski definition) is 1. The van der Waals surface area contributed by atoms with Crippen molar-refractivity contribution in [1.82, 2.24) is 19.8 Å². The van der Waals surface area contributed by atoms with Gasteiger partial charge in [-0.15, -0.1) is 26.6 Å². The third kappa shape index (κ3) is 2.80. The summed E-state index contributed by atoms with van der Waals surface area (Å²) in [5.74, 6) is 2.22. The summed E-state index contributed by atoms with van der Waals surface area (Å²) in [5, 5.41) is 18.0. The van der Waals surface area contributed by atoms with Crippen LogP contribution in [0.4, 0.5) is 5.82 Å². The summed E-state index contributed by atoms with van der Waals surface area (Å²) < 4.78 is 1.76. The van der Waals surface area contributed by atoms with Crippen molar-refractivity contribution in [1.29, 1.82) is 0 Å². The lowest BCUT2D eigenvalue weighted by molar-refractivity contribution is 0.615. The molecule has 0 spiro atoms. The van der Waals surface area contributed by atoms with E-state index in [1.165, 1.54) is 4.88 Å². The number of hydrogen-bond acceptors (Lipinski definition) is 5. The van der Waals surface area contributed by atoms with Crippen molar-refractivity contribution in [2.75, 3.05) is 11.9 Å². The summed E-state index contributed by atoms with van der Waals surface area (Å²) in [6.45, 7) is 5.04. The molecule has 1 N–H and O–H groups in total. The number of aromatic nitrogens is 4. The van der Waals surface area contributed by atoms with Crippen molar-refractivity contribution >= 4 is 22.8 Å². The van der Waals surface area contributed by atoms with Gasteiger partial charge in [-0.1, -0.05) is 13.0 Å². The lowest BCUT2D eigenvalue weighted by Crippen LogP contribution is -2.14. The largest absolute Gasteiger partial charge is 0.368 e. The van der Waals surface area contributed by atoms with Crippen molar-refractivity contribution in [3.8, 4) is 0 Å². The Morgan fingerprint density at radius 3 is 3.00 bits per heavy atom. The number of nitrogens with one attached hydrogen (secondary N) is 1. The summed E-state index contributed by atoms with van der Waals surface area (Å²) in [6, 6.07) is 8.16. The molecule has 0 saturated heterocycles. The first-order valence-corrected chi connectivity index (χ1v) is 7.55. The van der Waals surface area contributed by atoms with E-state index in [-0.39, 0.29) is 0 Å². The van der Waals surface area contributed by atoms with E-state index >= 15 is 0 Å². The minimum Gasteiger partial charge on any atom is -0.368 e. The average molecular weight is 287 g/mol. The van der Waals surface area contributed by atoms with Crippen LogP contribution in [0.1, 0.15) is 17.6 Å². The maximum absolute atomic E-state index is 4.49. The lowest BCUT2D eigenvalue weighted by Gasteiger charge is -2.12. The zero-order chi connectivity index (χ0) is 13.9. The van der Waals surface area contributed by atoms with Gasteiger partial charge in [0, 0.05) is 11.4 Å². The molecule has 20 heavy (non-hydrogen) atoms. The third-order valence-electron chi connectivity index (χ3n) is 3.18. The number of fused-ring (bicyclic) bond motifs is 1. The fraction of sp³-hybridized carbons (Fsp3) is 0.357. The molecule has 104 valence electrons. The molecule has 0 aliphatic rings. The second-order valence-electron chi connectivity index (χ2n) is 5.01. The van der Waals surface area contributed by atoms with Crippen molar-refractivity contribution in [3.63, 3.8) is 0 Å². The first-order valence-electron chi connectivity index (χ1n) is 6.67. The summed E-state index contributed by atoms with van der Waals surface area (Å²) >= 11 is 1.81. The molecule has 3 rings (SSSR count). The summed E-state index contributed by atoms with van der Waals surface area (Å²) in [4.78, 5) is 1.43. The van der Waals surface area contributed by atoms with Crippen LogP contribution in [0, 0.1) is 12.8 Å². The first kappa shape index (κ1) is 13.1. The average Bonchev–Trinajstić information content (AvgIpc) is 3.07. The minimum absolute atomic E-state index is 0.563. The fourth-order valence-electron chi connectivity index (χ4n) is 2.11. The maximum atomic E-state index is 4.49. The van der Waals surface area contributed by atoms with Crippen LogP contribution in [0.5, 0.6) is 0 Å². The normalized spacial score (nSPS) is 12.7. The molecule has 0 aromatic carbocycles. The van der Waals surface area contributed by atoms with Gasteiger partial charge in [-0.3, -0.25) is 0 Å². The van der Waals surface area contributed by atoms with E-state index in [2.05, 4.69) is 45.0 Å². The molecule has 1 atom stereocenters. The van der Waals surface area contributed by atoms with E-state index in [9.17, 15) is 0 Å². The lowest BCUT2D eigenvalue weighted by atomic mass is 10.1. The van der Waals surface area contributed by atoms with E-state index in [0.717, 1.165) is 30.3 Å². The molecule has 0 unspecified atom stereocenters. The van der Waals surface area contributed by atoms with E-state index in [1.807, 2.05) is 30.4 Å². The zero-order valence-electron chi connectivity index (χ0n) is 11.6. The molecule has 3 aromatic rings. The SMILES string of the molecule is Cc1nnc2ccc(NC[C@H](C)Cc3cccs3)nn12. The molecule has 0 bridgehead atoms. The van der Waals surface area contributed by atoms with Crippen molar-refractivity contribution in [3.05, 3.63) is 40.3 Å². The maximum Gasteiger partial charge on any atom is 0.178 e. The standard InChI is InChI=1S/C14H17N5S/c1-10(8-12-4-3-7-20-12)9-15-13-5-6-14-17-16-11(2)19(14)18-13/h3-7,10H,8-9H2,1-2H3,(H,15,18)/t10-/m1/s1. The highest BCUT2D eigenvalue weighted by molar-refractivity contribution is 7.09. The molecule has 3 heterocycles. The zero-order valence-corrected chi connectivity index (χ0v) is 12.4. The van der Waals surface area contributed by atoms with E-state index in [1.54, 1.807) is 4.52 Å². The monoisotopic (exact) mass is 287 g/mol. The second kappa shape index (κ2) is 5.58. The van der Waals surface area contributed by atoms with Crippen LogP contribution in [0.3, 0.4) is 0 Å². The molecule has 0 aliphatic heterocycles. The summed E-state index contributed by atoms with van der Waals surface area (Å²) in [5.41, 5.74) is 0.777. The highest BCUT2D eigenvalue weighted by Crippen LogP contribution is 2.15. The van der Waals surface area contributed by atoms with Crippen LogP contribution in [0.2, 0.25) is 0 Å². The molecule has 3 aromatic heterocycles. The minimum atomic E-state index is 0.563. The van der Waals surface area contributed by atoms with Gasteiger partial charge in [0.1, 0.15) is 5.82 Å². The van der Waals surface area contributed by atoms with Gasteiger partial charge in [0.25, 0.3) is 0 Å². The quantitative estimate of drug-likeness (QED) is 0.784.